The molecule has 0 atom stereocenters. The minimum Gasteiger partial charge on any atom is -0.299 e. The van der Waals surface area contributed by atoms with Crippen molar-refractivity contribution in [1.82, 2.24) is 4.98 Å². The number of hydrogen-bond acceptors (Lipinski definition) is 2. The van der Waals surface area contributed by atoms with E-state index in [0.717, 1.165) is 17.3 Å². The molecule has 0 fully saturated rings. The van der Waals surface area contributed by atoms with Crippen LogP contribution in [-0.4, -0.2) is 10.8 Å². The van der Waals surface area contributed by atoms with Crippen molar-refractivity contribution < 1.29 is 4.79 Å². The average Bonchev–Trinajstić information content (AvgIpc) is 2.35. The molecular weight excluding hydrogens is 210 g/mol. The van der Waals surface area contributed by atoms with Gasteiger partial charge in [-0.25, -0.2) is 0 Å². The van der Waals surface area contributed by atoms with Crippen LogP contribution in [0.25, 0.3) is 10.9 Å². The summed E-state index contributed by atoms with van der Waals surface area (Å²) in [6.45, 7) is 3.90. The van der Waals surface area contributed by atoms with Crippen molar-refractivity contribution in [1.29, 1.82) is 0 Å². The van der Waals surface area contributed by atoms with Gasteiger partial charge < -0.3 is 0 Å². The van der Waals surface area contributed by atoms with Gasteiger partial charge in [-0.1, -0.05) is 32.0 Å². The third kappa shape index (κ3) is 2.70. The van der Waals surface area contributed by atoms with Crippen LogP contribution in [0, 0.1) is 5.92 Å². The standard InChI is InChI=1S/C15H17NO/c1-11(2)15(17)9-8-12-5-3-7-14-13(12)6-4-10-16-14/h3-7,10-11H,8-9H2,1-2H3. The molecule has 0 amide bonds. The van der Waals surface area contributed by atoms with E-state index in [2.05, 4.69) is 17.1 Å². The molecule has 2 heteroatoms. The number of rotatable bonds is 4. The van der Waals surface area contributed by atoms with Crippen LogP contribution in [0.1, 0.15) is 25.8 Å². The lowest BCUT2D eigenvalue weighted by Crippen LogP contribution is -2.07. The van der Waals surface area contributed by atoms with Crippen LogP contribution in [0.5, 0.6) is 0 Å². The van der Waals surface area contributed by atoms with E-state index in [-0.39, 0.29) is 5.92 Å². The zero-order chi connectivity index (χ0) is 12.3. The predicted molar refractivity (Wildman–Crippen MR) is 69.9 cm³/mol. The van der Waals surface area contributed by atoms with Gasteiger partial charge in [0.25, 0.3) is 0 Å². The van der Waals surface area contributed by atoms with Crippen LogP contribution in [0.15, 0.2) is 36.5 Å². The molecule has 0 radical (unpaired) electrons. The molecule has 2 aromatic rings. The van der Waals surface area contributed by atoms with Gasteiger partial charge in [-0.3, -0.25) is 9.78 Å². The molecule has 1 aromatic carbocycles. The monoisotopic (exact) mass is 227 g/mol. The van der Waals surface area contributed by atoms with Crippen molar-refractivity contribution in [2.75, 3.05) is 0 Å². The smallest absolute Gasteiger partial charge is 0.135 e. The maximum Gasteiger partial charge on any atom is 0.135 e. The third-order valence-electron chi connectivity index (χ3n) is 3.02. The number of fused-ring (bicyclic) bond motifs is 1. The Bertz CT molecular complexity index is 526. The second-order valence-corrected chi connectivity index (χ2v) is 4.61. The highest BCUT2D eigenvalue weighted by molar-refractivity contribution is 5.84. The van der Waals surface area contributed by atoms with Gasteiger partial charge in [0.05, 0.1) is 5.52 Å². The fraction of sp³-hybridized carbons (Fsp3) is 0.333. The van der Waals surface area contributed by atoms with Gasteiger partial charge in [0.2, 0.25) is 0 Å². The number of aryl methyl sites for hydroxylation is 1. The topological polar surface area (TPSA) is 30.0 Å². The summed E-state index contributed by atoms with van der Waals surface area (Å²) < 4.78 is 0. The fourth-order valence-electron chi connectivity index (χ4n) is 1.93. The van der Waals surface area contributed by atoms with Crippen molar-refractivity contribution in [2.24, 2.45) is 5.92 Å². The summed E-state index contributed by atoms with van der Waals surface area (Å²) in [5.74, 6) is 0.453. The van der Waals surface area contributed by atoms with Gasteiger partial charge in [0, 0.05) is 23.9 Å². The van der Waals surface area contributed by atoms with Crippen LogP contribution >= 0.6 is 0 Å². The largest absolute Gasteiger partial charge is 0.299 e. The Morgan fingerprint density at radius 1 is 1.24 bits per heavy atom. The Balaban J connectivity index is 2.21. The summed E-state index contributed by atoms with van der Waals surface area (Å²) in [5.41, 5.74) is 2.21. The van der Waals surface area contributed by atoms with Crippen LogP contribution in [0.2, 0.25) is 0 Å². The maximum atomic E-state index is 11.6. The highest BCUT2D eigenvalue weighted by Crippen LogP contribution is 2.18. The molecule has 17 heavy (non-hydrogen) atoms. The molecule has 2 nitrogen and oxygen atoms in total. The number of carbonyl (C=O) groups excluding carboxylic acids is 1. The lowest BCUT2D eigenvalue weighted by Gasteiger charge is -2.07. The number of hydrogen-bond donors (Lipinski definition) is 0. The van der Waals surface area contributed by atoms with E-state index in [1.54, 1.807) is 6.20 Å². The number of ketones is 1. The predicted octanol–water partition coefficient (Wildman–Crippen LogP) is 3.39. The second kappa shape index (κ2) is 5.09. The Labute approximate surface area is 102 Å². The lowest BCUT2D eigenvalue weighted by atomic mass is 9.98. The highest BCUT2D eigenvalue weighted by Gasteiger charge is 2.08. The van der Waals surface area contributed by atoms with Gasteiger partial charge in [-0.2, -0.15) is 0 Å². The molecule has 88 valence electrons. The van der Waals surface area contributed by atoms with Crippen LogP contribution < -0.4 is 0 Å². The second-order valence-electron chi connectivity index (χ2n) is 4.61. The maximum absolute atomic E-state index is 11.6. The van der Waals surface area contributed by atoms with E-state index in [1.165, 1.54) is 5.56 Å². The Kier molecular flexibility index (Phi) is 3.52. The molecule has 0 aliphatic rings. The normalized spacial score (nSPS) is 11.0. The lowest BCUT2D eigenvalue weighted by molar-refractivity contribution is -0.121. The molecule has 0 aliphatic heterocycles. The zero-order valence-corrected chi connectivity index (χ0v) is 10.3. The van der Waals surface area contributed by atoms with E-state index in [9.17, 15) is 4.79 Å². The number of carbonyl (C=O) groups is 1. The minimum atomic E-state index is 0.128. The summed E-state index contributed by atoms with van der Waals surface area (Å²) in [5, 5.41) is 1.16. The van der Waals surface area contributed by atoms with Crippen molar-refractivity contribution in [3.63, 3.8) is 0 Å². The van der Waals surface area contributed by atoms with Crippen molar-refractivity contribution in [3.8, 4) is 0 Å². The Morgan fingerprint density at radius 2 is 2.06 bits per heavy atom. The molecule has 1 heterocycles. The fourth-order valence-corrected chi connectivity index (χ4v) is 1.93. The first kappa shape index (κ1) is 11.8. The van der Waals surface area contributed by atoms with E-state index in [0.29, 0.717) is 12.2 Å². The molecule has 2 rings (SSSR count). The number of aromatic nitrogens is 1. The summed E-state index contributed by atoms with van der Waals surface area (Å²) in [6, 6.07) is 10.1. The zero-order valence-electron chi connectivity index (χ0n) is 10.3. The number of Topliss-reactive ketones (excluding diaryl/α,β-unsaturated/α-hetero) is 1. The van der Waals surface area contributed by atoms with Crippen LogP contribution in [-0.2, 0) is 11.2 Å². The summed E-state index contributed by atoms with van der Waals surface area (Å²) in [7, 11) is 0. The summed E-state index contributed by atoms with van der Waals surface area (Å²) >= 11 is 0. The van der Waals surface area contributed by atoms with E-state index in [4.69, 9.17) is 0 Å². The van der Waals surface area contributed by atoms with E-state index < -0.39 is 0 Å². The van der Waals surface area contributed by atoms with Gasteiger partial charge in [0.15, 0.2) is 0 Å². The molecule has 0 saturated heterocycles. The molecular formula is C15H17NO. The quantitative estimate of drug-likeness (QED) is 0.801. The summed E-state index contributed by atoms with van der Waals surface area (Å²) in [6.07, 6.45) is 3.22. The molecule has 0 spiro atoms. The van der Waals surface area contributed by atoms with Gasteiger partial charge >= 0.3 is 0 Å². The summed E-state index contributed by atoms with van der Waals surface area (Å²) in [4.78, 5) is 16.0. The molecule has 0 aliphatic carbocycles. The molecule has 0 N–H and O–H groups in total. The number of benzene rings is 1. The highest BCUT2D eigenvalue weighted by atomic mass is 16.1. The molecule has 1 aromatic heterocycles. The van der Waals surface area contributed by atoms with Gasteiger partial charge in [0.1, 0.15) is 5.78 Å². The first-order chi connectivity index (χ1) is 8.18. The van der Waals surface area contributed by atoms with Crippen molar-refractivity contribution >= 4 is 16.7 Å². The molecule has 0 saturated carbocycles. The van der Waals surface area contributed by atoms with Crippen LogP contribution in [0.3, 0.4) is 0 Å². The SMILES string of the molecule is CC(C)C(=O)CCc1cccc2ncccc12. The Hall–Kier alpha value is -1.70. The average molecular weight is 227 g/mol. The van der Waals surface area contributed by atoms with E-state index in [1.807, 2.05) is 32.0 Å². The van der Waals surface area contributed by atoms with Crippen molar-refractivity contribution in [2.45, 2.75) is 26.7 Å². The van der Waals surface area contributed by atoms with Gasteiger partial charge in [-0.15, -0.1) is 0 Å². The number of pyridine rings is 1. The first-order valence-electron chi connectivity index (χ1n) is 6.04. The Morgan fingerprint density at radius 3 is 2.82 bits per heavy atom. The molecule has 0 bridgehead atoms. The number of nitrogens with zero attached hydrogens (tertiary/aromatic N) is 1. The van der Waals surface area contributed by atoms with Crippen LogP contribution in [0.4, 0.5) is 0 Å². The third-order valence-corrected chi connectivity index (χ3v) is 3.02. The van der Waals surface area contributed by atoms with E-state index >= 15 is 0 Å². The first-order valence-corrected chi connectivity index (χ1v) is 6.04. The molecule has 0 unspecified atom stereocenters. The van der Waals surface area contributed by atoms with Crippen molar-refractivity contribution in [3.05, 3.63) is 42.1 Å². The minimum absolute atomic E-state index is 0.128. The van der Waals surface area contributed by atoms with Gasteiger partial charge in [-0.05, 0) is 24.1 Å².